The summed E-state index contributed by atoms with van der Waals surface area (Å²) in [7, 11) is 1.73. The van der Waals surface area contributed by atoms with Crippen molar-refractivity contribution >= 4 is 28.4 Å². The van der Waals surface area contributed by atoms with Crippen molar-refractivity contribution < 1.29 is 19.4 Å². The fraction of sp³-hybridized carbons (Fsp3) is 0.452. The average molecular weight is 505 g/mol. The molecule has 6 nitrogen and oxygen atoms in total. The van der Waals surface area contributed by atoms with Crippen molar-refractivity contribution in [1.82, 2.24) is 9.88 Å². The molecule has 0 atom stereocenters. The van der Waals surface area contributed by atoms with Gasteiger partial charge >= 0.3 is 5.97 Å². The van der Waals surface area contributed by atoms with Crippen LogP contribution in [-0.4, -0.2) is 47.1 Å². The number of carbonyl (C=O) groups excluding carboxylic acids is 1. The number of allylic oxidation sites excluding steroid dienone is 5. The first kappa shape index (κ1) is 28.2. The van der Waals surface area contributed by atoms with Crippen molar-refractivity contribution in [3.8, 4) is 0 Å². The number of hydrogen-bond donors (Lipinski definition) is 1. The van der Waals surface area contributed by atoms with Gasteiger partial charge in [0.1, 0.15) is 0 Å². The number of aryl methyl sites for hydroxylation is 1. The number of carboxylic acid groups (broad SMARTS) is 1. The Kier molecular flexibility index (Phi) is 10.1. The van der Waals surface area contributed by atoms with E-state index >= 15 is 0 Å². The Bertz CT molecular complexity index is 1200. The van der Waals surface area contributed by atoms with E-state index in [1.165, 1.54) is 5.57 Å². The predicted octanol–water partition coefficient (Wildman–Crippen LogP) is 6.80. The fourth-order valence-corrected chi connectivity index (χ4v) is 5.24. The summed E-state index contributed by atoms with van der Waals surface area (Å²) in [6, 6.07) is 7.84. The van der Waals surface area contributed by atoms with E-state index in [2.05, 4.69) is 26.5 Å². The van der Waals surface area contributed by atoms with Gasteiger partial charge in [-0.2, -0.15) is 0 Å². The van der Waals surface area contributed by atoms with Gasteiger partial charge < -0.3 is 14.7 Å². The van der Waals surface area contributed by atoms with E-state index < -0.39 is 5.97 Å². The van der Waals surface area contributed by atoms with Gasteiger partial charge in [-0.3, -0.25) is 9.59 Å². The maximum atomic E-state index is 13.4. The number of likely N-dealkylation sites (tertiary alicyclic amines) is 1. The normalized spacial score (nSPS) is 15.5. The van der Waals surface area contributed by atoms with Crippen molar-refractivity contribution in [2.24, 2.45) is 5.92 Å². The Morgan fingerprint density at radius 2 is 1.92 bits per heavy atom. The molecule has 37 heavy (non-hydrogen) atoms. The van der Waals surface area contributed by atoms with E-state index in [9.17, 15) is 9.59 Å². The van der Waals surface area contributed by atoms with Crippen LogP contribution >= 0.6 is 0 Å². The molecule has 2 heterocycles. The molecule has 1 aromatic heterocycles. The van der Waals surface area contributed by atoms with Crippen LogP contribution in [0.1, 0.15) is 80.9 Å². The van der Waals surface area contributed by atoms with E-state index in [1.807, 2.05) is 36.1 Å². The molecule has 0 unspecified atom stereocenters. The third-order valence-electron chi connectivity index (χ3n) is 7.37. The van der Waals surface area contributed by atoms with Crippen molar-refractivity contribution in [1.29, 1.82) is 0 Å². The molecule has 0 saturated carbocycles. The second-order valence-corrected chi connectivity index (χ2v) is 9.82. The standard InChI is InChI=1S/C31H40N2O4/c1-6-10-21(3)30-24(11-8-9-12-29(34)35)19-26-20-25(13-14-27(26)32-30)31(36)33-17-15-23(16-18-33)22(4)28(7-2)37-5/h6,10,13-14,19-20,23H,1,7-9,11-12,15-18H2,2-5H3,(H,34,35)/b21-10+,28-22-. The number of aromatic nitrogens is 1. The Labute approximate surface area is 220 Å². The number of ether oxygens (including phenoxy) is 1. The predicted molar refractivity (Wildman–Crippen MR) is 149 cm³/mol. The fourth-order valence-electron chi connectivity index (χ4n) is 5.24. The molecule has 1 amide bonds. The summed E-state index contributed by atoms with van der Waals surface area (Å²) in [6.45, 7) is 11.5. The second-order valence-electron chi connectivity index (χ2n) is 9.82. The number of pyridine rings is 1. The summed E-state index contributed by atoms with van der Waals surface area (Å²) in [5, 5.41) is 9.89. The number of piperidine rings is 1. The highest BCUT2D eigenvalue weighted by molar-refractivity contribution is 5.98. The summed E-state index contributed by atoms with van der Waals surface area (Å²) >= 11 is 0. The van der Waals surface area contributed by atoms with Crippen molar-refractivity contribution in [3.63, 3.8) is 0 Å². The highest BCUT2D eigenvalue weighted by atomic mass is 16.5. The van der Waals surface area contributed by atoms with Crippen LogP contribution in [0.5, 0.6) is 0 Å². The van der Waals surface area contributed by atoms with Crippen molar-refractivity contribution in [3.05, 3.63) is 71.1 Å². The van der Waals surface area contributed by atoms with Gasteiger partial charge in [-0.1, -0.05) is 25.7 Å². The Morgan fingerprint density at radius 1 is 1.19 bits per heavy atom. The second kappa shape index (κ2) is 13.2. The topological polar surface area (TPSA) is 79.7 Å². The molecule has 6 heteroatoms. The largest absolute Gasteiger partial charge is 0.501 e. The number of methoxy groups -OCH3 is 1. The maximum absolute atomic E-state index is 13.4. The zero-order chi connectivity index (χ0) is 26.9. The maximum Gasteiger partial charge on any atom is 0.303 e. The quantitative estimate of drug-likeness (QED) is 0.207. The number of hydrogen-bond acceptors (Lipinski definition) is 4. The summed E-state index contributed by atoms with van der Waals surface area (Å²) in [5.41, 5.74) is 5.79. The summed E-state index contributed by atoms with van der Waals surface area (Å²) < 4.78 is 5.55. The molecular formula is C31H40N2O4. The molecule has 1 aliphatic heterocycles. The van der Waals surface area contributed by atoms with E-state index in [4.69, 9.17) is 14.8 Å². The van der Waals surface area contributed by atoms with Gasteiger partial charge in [0.05, 0.1) is 24.1 Å². The first-order valence-corrected chi connectivity index (χ1v) is 13.3. The highest BCUT2D eigenvalue weighted by Gasteiger charge is 2.26. The molecule has 1 aromatic carbocycles. The van der Waals surface area contributed by atoms with Gasteiger partial charge in [0.15, 0.2) is 0 Å². The smallest absolute Gasteiger partial charge is 0.303 e. The third kappa shape index (κ3) is 7.09. The van der Waals surface area contributed by atoms with E-state index in [1.54, 1.807) is 13.2 Å². The number of unbranched alkanes of at least 4 members (excludes halogenated alkanes) is 1. The lowest BCUT2D eigenvalue weighted by Gasteiger charge is -2.33. The van der Waals surface area contributed by atoms with Gasteiger partial charge in [-0.25, -0.2) is 4.98 Å². The van der Waals surface area contributed by atoms with Crippen molar-refractivity contribution in [2.75, 3.05) is 20.2 Å². The SMILES string of the molecule is C=C/C=C(\C)c1nc2ccc(C(=O)N3CCC(/C(C)=C(/CC)OC)CC3)cc2cc1CCCCC(=O)O. The zero-order valence-corrected chi connectivity index (χ0v) is 22.7. The van der Waals surface area contributed by atoms with Crippen LogP contribution in [-0.2, 0) is 16.0 Å². The summed E-state index contributed by atoms with van der Waals surface area (Å²) in [5.74, 6) is 0.790. The molecule has 1 saturated heterocycles. The summed E-state index contributed by atoms with van der Waals surface area (Å²) in [4.78, 5) is 31.2. The number of aliphatic carboxylic acids is 1. The number of amides is 1. The molecule has 0 radical (unpaired) electrons. The first-order valence-electron chi connectivity index (χ1n) is 13.3. The number of fused-ring (bicyclic) bond motifs is 1. The van der Waals surface area contributed by atoms with Crippen LogP contribution in [0.2, 0.25) is 0 Å². The molecule has 1 aliphatic rings. The van der Waals surface area contributed by atoms with Crippen LogP contribution in [0, 0.1) is 5.92 Å². The van der Waals surface area contributed by atoms with E-state index in [-0.39, 0.29) is 12.3 Å². The molecule has 2 aromatic rings. The highest BCUT2D eigenvalue weighted by Crippen LogP contribution is 2.30. The van der Waals surface area contributed by atoms with Gasteiger partial charge in [-0.15, -0.1) is 0 Å². The molecule has 3 rings (SSSR count). The van der Waals surface area contributed by atoms with Crippen LogP contribution in [0.3, 0.4) is 0 Å². The van der Waals surface area contributed by atoms with Crippen LogP contribution < -0.4 is 0 Å². The lowest BCUT2D eigenvalue weighted by molar-refractivity contribution is -0.137. The molecule has 198 valence electrons. The average Bonchev–Trinajstić information content (AvgIpc) is 2.90. The number of rotatable bonds is 11. The minimum Gasteiger partial charge on any atom is -0.501 e. The number of carboxylic acids is 1. The minimum absolute atomic E-state index is 0.0549. The lowest BCUT2D eigenvalue weighted by Crippen LogP contribution is -2.38. The first-order chi connectivity index (χ1) is 17.8. The van der Waals surface area contributed by atoms with Gasteiger partial charge in [-0.05, 0) is 92.8 Å². The van der Waals surface area contributed by atoms with E-state index in [0.29, 0.717) is 17.9 Å². The van der Waals surface area contributed by atoms with Crippen molar-refractivity contribution in [2.45, 2.75) is 65.7 Å². The minimum atomic E-state index is -0.775. The van der Waals surface area contributed by atoms with Gasteiger partial charge in [0.2, 0.25) is 0 Å². The Balaban J connectivity index is 1.81. The zero-order valence-electron chi connectivity index (χ0n) is 22.7. The van der Waals surface area contributed by atoms with E-state index in [0.717, 1.165) is 78.7 Å². The number of nitrogens with zero attached hydrogens (tertiary/aromatic N) is 2. The molecule has 1 N–H and O–H groups in total. The van der Waals surface area contributed by atoms with Crippen LogP contribution in [0.4, 0.5) is 0 Å². The molecule has 0 bridgehead atoms. The summed E-state index contributed by atoms with van der Waals surface area (Å²) in [6.07, 6.45) is 8.72. The van der Waals surface area contributed by atoms with Crippen LogP contribution in [0.25, 0.3) is 16.5 Å². The lowest BCUT2D eigenvalue weighted by atomic mass is 9.88. The van der Waals surface area contributed by atoms with Crippen LogP contribution in [0.15, 0.2) is 54.3 Å². The number of carbonyl (C=O) groups is 2. The molecular weight excluding hydrogens is 464 g/mol. The molecule has 1 fully saturated rings. The Hall–Kier alpha value is -3.41. The number of benzene rings is 1. The molecule has 0 aliphatic carbocycles. The Morgan fingerprint density at radius 3 is 2.54 bits per heavy atom. The third-order valence-corrected chi connectivity index (χ3v) is 7.37. The monoisotopic (exact) mass is 504 g/mol. The molecule has 0 spiro atoms. The van der Waals surface area contributed by atoms with Gasteiger partial charge in [0.25, 0.3) is 5.91 Å². The van der Waals surface area contributed by atoms with Gasteiger partial charge in [0, 0.05) is 36.9 Å².